The molecule has 0 spiro atoms. The summed E-state index contributed by atoms with van der Waals surface area (Å²) in [6.07, 6.45) is 1.46. The Kier molecular flexibility index (Phi) is 5.91. The minimum atomic E-state index is -0.469. The van der Waals surface area contributed by atoms with Gasteiger partial charge in [-0.25, -0.2) is 4.39 Å². The van der Waals surface area contributed by atoms with E-state index in [1.165, 1.54) is 37.5 Å². The van der Waals surface area contributed by atoms with Gasteiger partial charge in [-0.15, -0.1) is 0 Å². The third kappa shape index (κ3) is 4.67. The van der Waals surface area contributed by atoms with Crippen molar-refractivity contribution in [1.29, 1.82) is 5.26 Å². The van der Waals surface area contributed by atoms with Crippen LogP contribution >= 0.6 is 0 Å². The van der Waals surface area contributed by atoms with E-state index >= 15 is 0 Å². The average Bonchev–Trinajstić information content (AvgIpc) is 2.60. The standard InChI is InChI=1S/C20H18FNO3/c1-13(2)25-18-9-4-14(11-19(18)24-3)10-16(12-22)20(23)15-5-7-17(21)8-6-15/h4-11,13H,1-3H3/b16-10+. The van der Waals surface area contributed by atoms with Crippen LogP contribution in [0, 0.1) is 17.1 Å². The first-order valence-corrected chi connectivity index (χ1v) is 7.71. The van der Waals surface area contributed by atoms with Crippen LogP contribution in [0.2, 0.25) is 0 Å². The summed E-state index contributed by atoms with van der Waals surface area (Å²) in [4.78, 5) is 12.4. The molecule has 5 heteroatoms. The third-order valence-corrected chi connectivity index (χ3v) is 3.33. The van der Waals surface area contributed by atoms with Crippen LogP contribution < -0.4 is 9.47 Å². The smallest absolute Gasteiger partial charge is 0.203 e. The molecule has 0 atom stereocenters. The van der Waals surface area contributed by atoms with Gasteiger partial charge in [0.25, 0.3) is 0 Å². The number of rotatable bonds is 6. The van der Waals surface area contributed by atoms with Crippen molar-refractivity contribution >= 4 is 11.9 Å². The van der Waals surface area contributed by atoms with Crippen LogP contribution in [0.5, 0.6) is 11.5 Å². The second kappa shape index (κ2) is 8.11. The van der Waals surface area contributed by atoms with E-state index in [9.17, 15) is 14.4 Å². The van der Waals surface area contributed by atoms with Crippen LogP contribution in [0.25, 0.3) is 6.08 Å². The fourth-order valence-electron chi connectivity index (χ4n) is 2.20. The first kappa shape index (κ1) is 18.2. The van der Waals surface area contributed by atoms with Crippen LogP contribution in [0.4, 0.5) is 4.39 Å². The zero-order valence-electron chi connectivity index (χ0n) is 14.2. The van der Waals surface area contributed by atoms with Gasteiger partial charge in [0.15, 0.2) is 11.5 Å². The van der Waals surface area contributed by atoms with Crippen molar-refractivity contribution < 1.29 is 18.7 Å². The molecule has 0 aromatic heterocycles. The maximum atomic E-state index is 13.0. The van der Waals surface area contributed by atoms with E-state index in [2.05, 4.69) is 0 Å². The van der Waals surface area contributed by atoms with Gasteiger partial charge < -0.3 is 9.47 Å². The Labute approximate surface area is 146 Å². The molecule has 2 aromatic carbocycles. The Balaban J connectivity index is 2.34. The topological polar surface area (TPSA) is 59.3 Å². The minimum Gasteiger partial charge on any atom is -0.493 e. The Morgan fingerprint density at radius 3 is 2.40 bits per heavy atom. The lowest BCUT2D eigenvalue weighted by Gasteiger charge is -2.13. The fraction of sp³-hybridized carbons (Fsp3) is 0.200. The number of hydrogen-bond donors (Lipinski definition) is 0. The van der Waals surface area contributed by atoms with Crippen molar-refractivity contribution in [3.05, 3.63) is 65.0 Å². The molecule has 0 aliphatic carbocycles. The number of halogens is 1. The maximum Gasteiger partial charge on any atom is 0.203 e. The molecule has 4 nitrogen and oxygen atoms in total. The molecule has 0 saturated heterocycles. The van der Waals surface area contributed by atoms with Crippen molar-refractivity contribution in [2.75, 3.05) is 7.11 Å². The number of ketones is 1. The number of Topliss-reactive ketones (excluding diaryl/α,β-unsaturated/α-hetero) is 1. The lowest BCUT2D eigenvalue weighted by atomic mass is 10.0. The van der Waals surface area contributed by atoms with E-state index in [1.54, 1.807) is 18.2 Å². The molecule has 0 aliphatic heterocycles. The van der Waals surface area contributed by atoms with Crippen LogP contribution in [-0.2, 0) is 0 Å². The molecule has 0 radical (unpaired) electrons. The predicted octanol–water partition coefficient (Wildman–Crippen LogP) is 4.41. The number of methoxy groups -OCH3 is 1. The second-order valence-electron chi connectivity index (χ2n) is 5.58. The number of hydrogen-bond acceptors (Lipinski definition) is 4. The minimum absolute atomic E-state index is 0.00924. The van der Waals surface area contributed by atoms with Crippen LogP contribution in [0.1, 0.15) is 29.8 Å². The number of nitrogens with zero attached hydrogens (tertiary/aromatic N) is 1. The summed E-state index contributed by atoms with van der Waals surface area (Å²) in [5.74, 6) is 0.181. The van der Waals surface area contributed by atoms with Crippen LogP contribution in [-0.4, -0.2) is 19.0 Å². The van der Waals surface area contributed by atoms with Gasteiger partial charge in [-0.3, -0.25) is 4.79 Å². The van der Waals surface area contributed by atoms with Crippen LogP contribution in [0.15, 0.2) is 48.0 Å². The zero-order chi connectivity index (χ0) is 18.4. The molecule has 0 bridgehead atoms. The highest BCUT2D eigenvalue weighted by molar-refractivity contribution is 6.14. The lowest BCUT2D eigenvalue weighted by Crippen LogP contribution is -2.06. The van der Waals surface area contributed by atoms with Gasteiger partial charge in [0.05, 0.1) is 13.2 Å². The van der Waals surface area contributed by atoms with Crippen LogP contribution in [0.3, 0.4) is 0 Å². The first-order valence-electron chi connectivity index (χ1n) is 7.71. The average molecular weight is 339 g/mol. The maximum absolute atomic E-state index is 13.0. The molecule has 0 saturated carbocycles. The van der Waals surface area contributed by atoms with Gasteiger partial charge in [-0.1, -0.05) is 6.07 Å². The van der Waals surface area contributed by atoms with Crippen molar-refractivity contribution in [3.63, 3.8) is 0 Å². The Morgan fingerprint density at radius 2 is 1.84 bits per heavy atom. The van der Waals surface area contributed by atoms with Gasteiger partial charge in [0.2, 0.25) is 5.78 Å². The molecule has 0 fully saturated rings. The van der Waals surface area contributed by atoms with Crippen molar-refractivity contribution in [1.82, 2.24) is 0 Å². The third-order valence-electron chi connectivity index (χ3n) is 3.33. The molecular formula is C20H18FNO3. The highest BCUT2D eigenvalue weighted by Crippen LogP contribution is 2.30. The fourth-order valence-corrected chi connectivity index (χ4v) is 2.20. The summed E-state index contributed by atoms with van der Waals surface area (Å²) in [6.45, 7) is 3.81. The highest BCUT2D eigenvalue weighted by Gasteiger charge is 2.13. The van der Waals surface area contributed by atoms with E-state index in [0.717, 1.165) is 0 Å². The number of benzene rings is 2. The first-order chi connectivity index (χ1) is 11.9. The van der Waals surface area contributed by atoms with Gasteiger partial charge in [0, 0.05) is 5.56 Å². The molecule has 25 heavy (non-hydrogen) atoms. The second-order valence-corrected chi connectivity index (χ2v) is 5.58. The van der Waals surface area contributed by atoms with Crippen molar-refractivity contribution in [3.8, 4) is 17.6 Å². The Bertz CT molecular complexity index is 833. The lowest BCUT2D eigenvalue weighted by molar-refractivity contribution is 0.104. The summed E-state index contributed by atoms with van der Waals surface area (Å²) in [6, 6.07) is 12.1. The molecule has 2 aromatic rings. The van der Waals surface area contributed by atoms with Gasteiger partial charge >= 0.3 is 0 Å². The Morgan fingerprint density at radius 1 is 1.16 bits per heavy atom. The molecule has 0 aliphatic rings. The summed E-state index contributed by atoms with van der Waals surface area (Å²) < 4.78 is 23.9. The molecule has 2 rings (SSSR count). The number of nitriles is 1. The van der Waals surface area contributed by atoms with Gasteiger partial charge in [-0.2, -0.15) is 5.26 Å². The largest absolute Gasteiger partial charge is 0.493 e. The summed E-state index contributed by atoms with van der Waals surface area (Å²) in [7, 11) is 1.52. The van der Waals surface area contributed by atoms with E-state index < -0.39 is 11.6 Å². The van der Waals surface area contributed by atoms with E-state index in [-0.39, 0.29) is 17.2 Å². The number of allylic oxidation sites excluding steroid dienone is 1. The van der Waals surface area contributed by atoms with Gasteiger partial charge in [0.1, 0.15) is 17.5 Å². The molecule has 128 valence electrons. The number of ether oxygens (including phenoxy) is 2. The summed E-state index contributed by atoms with van der Waals surface area (Å²) in [5, 5.41) is 9.30. The van der Waals surface area contributed by atoms with E-state index in [1.807, 2.05) is 19.9 Å². The Hall–Kier alpha value is -3.13. The van der Waals surface area contributed by atoms with E-state index in [4.69, 9.17) is 9.47 Å². The predicted molar refractivity (Wildman–Crippen MR) is 93.1 cm³/mol. The molecular weight excluding hydrogens is 321 g/mol. The number of carbonyl (C=O) groups is 1. The zero-order valence-corrected chi connectivity index (χ0v) is 14.2. The van der Waals surface area contributed by atoms with Gasteiger partial charge in [-0.05, 0) is 61.9 Å². The normalized spacial score (nSPS) is 11.1. The van der Waals surface area contributed by atoms with E-state index in [0.29, 0.717) is 17.1 Å². The van der Waals surface area contributed by atoms with Crippen molar-refractivity contribution in [2.45, 2.75) is 20.0 Å². The number of carbonyl (C=O) groups excluding carboxylic acids is 1. The SMILES string of the molecule is COc1cc(/C=C(\C#N)C(=O)c2ccc(F)cc2)ccc1OC(C)C. The molecule has 0 N–H and O–H groups in total. The molecule has 0 amide bonds. The summed E-state index contributed by atoms with van der Waals surface area (Å²) >= 11 is 0. The molecule has 0 heterocycles. The van der Waals surface area contributed by atoms with Crippen molar-refractivity contribution in [2.24, 2.45) is 0 Å². The summed E-state index contributed by atoms with van der Waals surface area (Å²) in [5.41, 5.74) is 0.826. The highest BCUT2D eigenvalue weighted by atomic mass is 19.1. The quantitative estimate of drug-likeness (QED) is 0.444. The molecule has 0 unspecified atom stereocenters. The monoisotopic (exact) mass is 339 g/mol.